The van der Waals surface area contributed by atoms with Crippen molar-refractivity contribution < 1.29 is 19.1 Å². The molecule has 1 aromatic heterocycles. The van der Waals surface area contributed by atoms with Gasteiger partial charge in [-0.15, -0.1) is 0 Å². The Kier molecular flexibility index (Phi) is 5.58. The smallest absolute Gasteiger partial charge is 0.306 e. The number of aromatic nitrogens is 1. The number of nitrogens with two attached hydrogens (primary N) is 1. The lowest BCUT2D eigenvalue weighted by Gasteiger charge is -2.19. The molecule has 0 bridgehead atoms. The number of rotatable bonds is 4. The molecule has 1 aliphatic rings. The molecule has 2 amide bonds. The standard InChI is InChI=1S/C20H22N4O4/c1-24-11-15-9-13(19(26)23-17-5-3-4-16(21)22-17)7-6-12(15)8-14(20(24)27)10-18(25)28-2/h3-7,9,14H,8,10-11H2,1-2H3,(H3,21,22,23,26). The van der Waals surface area contributed by atoms with Crippen LogP contribution in [0.1, 0.15) is 27.9 Å². The number of pyridine rings is 1. The molecule has 1 aliphatic heterocycles. The second kappa shape index (κ2) is 8.08. The normalized spacial score (nSPS) is 16.1. The van der Waals surface area contributed by atoms with Gasteiger partial charge >= 0.3 is 5.97 Å². The summed E-state index contributed by atoms with van der Waals surface area (Å²) >= 11 is 0. The summed E-state index contributed by atoms with van der Waals surface area (Å²) < 4.78 is 4.70. The van der Waals surface area contributed by atoms with E-state index in [4.69, 9.17) is 10.5 Å². The molecule has 0 radical (unpaired) electrons. The molecule has 0 fully saturated rings. The predicted octanol–water partition coefficient (Wildman–Crippen LogP) is 1.61. The van der Waals surface area contributed by atoms with Gasteiger partial charge < -0.3 is 20.7 Å². The minimum absolute atomic E-state index is 0.0302. The van der Waals surface area contributed by atoms with Gasteiger partial charge in [0.05, 0.1) is 19.4 Å². The summed E-state index contributed by atoms with van der Waals surface area (Å²) in [6.07, 6.45) is 0.453. The third-order valence-electron chi connectivity index (χ3n) is 4.72. The molecule has 2 heterocycles. The largest absolute Gasteiger partial charge is 0.469 e. The van der Waals surface area contributed by atoms with E-state index in [2.05, 4.69) is 10.3 Å². The zero-order chi connectivity index (χ0) is 20.3. The molecule has 0 aliphatic carbocycles. The molecule has 3 rings (SSSR count). The lowest BCUT2D eigenvalue weighted by atomic mass is 9.93. The van der Waals surface area contributed by atoms with Crippen molar-refractivity contribution in [1.82, 2.24) is 9.88 Å². The third kappa shape index (κ3) is 4.28. The van der Waals surface area contributed by atoms with Crippen molar-refractivity contribution >= 4 is 29.4 Å². The van der Waals surface area contributed by atoms with Gasteiger partial charge in [-0.3, -0.25) is 14.4 Å². The summed E-state index contributed by atoms with van der Waals surface area (Å²) in [7, 11) is 2.99. The predicted molar refractivity (Wildman–Crippen MR) is 103 cm³/mol. The first kappa shape index (κ1) is 19.3. The zero-order valence-corrected chi connectivity index (χ0v) is 15.8. The molecule has 0 saturated heterocycles. The fourth-order valence-corrected chi connectivity index (χ4v) is 3.26. The molecule has 8 nitrogen and oxygen atoms in total. The Labute approximate surface area is 162 Å². The molecule has 2 aromatic rings. The van der Waals surface area contributed by atoms with Crippen molar-refractivity contribution in [2.24, 2.45) is 5.92 Å². The van der Waals surface area contributed by atoms with Crippen LogP contribution in [0.5, 0.6) is 0 Å². The van der Waals surface area contributed by atoms with Gasteiger partial charge in [-0.2, -0.15) is 0 Å². The molecule has 28 heavy (non-hydrogen) atoms. The number of hydrogen-bond acceptors (Lipinski definition) is 6. The summed E-state index contributed by atoms with van der Waals surface area (Å²) in [5, 5.41) is 2.71. The Bertz CT molecular complexity index is 928. The van der Waals surface area contributed by atoms with Crippen LogP contribution < -0.4 is 11.1 Å². The number of hydrogen-bond donors (Lipinski definition) is 2. The number of nitrogens with zero attached hydrogens (tertiary/aromatic N) is 2. The van der Waals surface area contributed by atoms with Gasteiger partial charge in [0.25, 0.3) is 5.91 Å². The van der Waals surface area contributed by atoms with E-state index in [-0.39, 0.29) is 18.2 Å². The van der Waals surface area contributed by atoms with Crippen molar-refractivity contribution in [3.05, 3.63) is 53.1 Å². The van der Waals surface area contributed by atoms with Crippen molar-refractivity contribution in [3.8, 4) is 0 Å². The summed E-state index contributed by atoms with van der Waals surface area (Å²) in [6, 6.07) is 10.3. The van der Waals surface area contributed by atoms with E-state index in [1.54, 1.807) is 42.3 Å². The van der Waals surface area contributed by atoms with Crippen LogP contribution in [0.15, 0.2) is 36.4 Å². The van der Waals surface area contributed by atoms with E-state index in [0.717, 1.165) is 11.1 Å². The maximum Gasteiger partial charge on any atom is 0.306 e. The van der Waals surface area contributed by atoms with Crippen molar-refractivity contribution in [2.75, 3.05) is 25.2 Å². The Morgan fingerprint density at radius 1 is 1.29 bits per heavy atom. The minimum atomic E-state index is -0.477. The Morgan fingerprint density at radius 2 is 2.07 bits per heavy atom. The third-order valence-corrected chi connectivity index (χ3v) is 4.72. The van der Waals surface area contributed by atoms with Gasteiger partial charge in [0.2, 0.25) is 5.91 Å². The van der Waals surface area contributed by atoms with Gasteiger partial charge in [-0.1, -0.05) is 12.1 Å². The van der Waals surface area contributed by atoms with Gasteiger partial charge in [0.15, 0.2) is 0 Å². The molecule has 0 spiro atoms. The number of esters is 1. The van der Waals surface area contributed by atoms with Gasteiger partial charge in [-0.25, -0.2) is 4.98 Å². The summed E-state index contributed by atoms with van der Waals surface area (Å²) in [4.78, 5) is 42.4. The zero-order valence-electron chi connectivity index (χ0n) is 15.8. The number of nitrogen functional groups attached to an aromatic ring is 1. The number of ether oxygens (including phenoxy) is 1. The topological polar surface area (TPSA) is 115 Å². The fraction of sp³-hybridized carbons (Fsp3) is 0.300. The average Bonchev–Trinajstić information content (AvgIpc) is 2.78. The molecule has 1 atom stereocenters. The maximum absolute atomic E-state index is 12.6. The molecular weight excluding hydrogens is 360 g/mol. The number of nitrogens with one attached hydrogen (secondary N) is 1. The van der Waals surface area contributed by atoms with Crippen LogP contribution in [0, 0.1) is 5.92 Å². The van der Waals surface area contributed by atoms with Crippen LogP contribution in [0.25, 0.3) is 0 Å². The molecule has 0 saturated carbocycles. The number of benzene rings is 1. The first-order valence-electron chi connectivity index (χ1n) is 8.85. The summed E-state index contributed by atoms with van der Waals surface area (Å²) in [6.45, 7) is 0.365. The highest BCUT2D eigenvalue weighted by atomic mass is 16.5. The van der Waals surface area contributed by atoms with Crippen LogP contribution in [0.4, 0.5) is 11.6 Å². The fourth-order valence-electron chi connectivity index (χ4n) is 3.26. The van der Waals surface area contributed by atoms with Crippen LogP contribution in [-0.4, -0.2) is 41.8 Å². The van der Waals surface area contributed by atoms with E-state index < -0.39 is 11.9 Å². The quantitative estimate of drug-likeness (QED) is 0.777. The van der Waals surface area contributed by atoms with Gasteiger partial charge in [0.1, 0.15) is 11.6 Å². The van der Waals surface area contributed by atoms with Gasteiger partial charge in [-0.05, 0) is 41.8 Å². The minimum Gasteiger partial charge on any atom is -0.469 e. The van der Waals surface area contributed by atoms with Crippen molar-refractivity contribution in [1.29, 1.82) is 0 Å². The Hall–Kier alpha value is -3.42. The number of fused-ring (bicyclic) bond motifs is 1. The number of carbonyl (C=O) groups is 3. The van der Waals surface area contributed by atoms with E-state index in [1.807, 2.05) is 6.07 Å². The summed E-state index contributed by atoms with van der Waals surface area (Å²) in [5.41, 5.74) is 7.90. The Balaban J connectivity index is 1.82. The molecule has 3 N–H and O–H groups in total. The van der Waals surface area contributed by atoms with E-state index >= 15 is 0 Å². The first-order valence-corrected chi connectivity index (χ1v) is 8.85. The highest BCUT2D eigenvalue weighted by Gasteiger charge is 2.30. The SMILES string of the molecule is COC(=O)CC1Cc2ccc(C(=O)Nc3cccc(N)n3)cc2CN(C)C1=O. The molecule has 1 unspecified atom stereocenters. The van der Waals surface area contributed by atoms with E-state index in [0.29, 0.717) is 30.2 Å². The molecular formula is C20H22N4O4. The maximum atomic E-state index is 12.6. The molecule has 146 valence electrons. The monoisotopic (exact) mass is 382 g/mol. The van der Waals surface area contributed by atoms with Crippen molar-refractivity contribution in [3.63, 3.8) is 0 Å². The lowest BCUT2D eigenvalue weighted by Crippen LogP contribution is -2.32. The first-order chi connectivity index (χ1) is 13.4. The molecule has 8 heteroatoms. The highest BCUT2D eigenvalue weighted by Crippen LogP contribution is 2.26. The van der Waals surface area contributed by atoms with Gasteiger partial charge in [0, 0.05) is 19.2 Å². The van der Waals surface area contributed by atoms with E-state index in [1.165, 1.54) is 7.11 Å². The van der Waals surface area contributed by atoms with Crippen LogP contribution >= 0.6 is 0 Å². The van der Waals surface area contributed by atoms with Crippen molar-refractivity contribution in [2.45, 2.75) is 19.4 Å². The molecule has 1 aromatic carbocycles. The number of carbonyl (C=O) groups excluding carboxylic acids is 3. The second-order valence-electron chi connectivity index (χ2n) is 6.76. The lowest BCUT2D eigenvalue weighted by molar-refractivity contribution is -0.146. The van der Waals surface area contributed by atoms with E-state index in [9.17, 15) is 14.4 Å². The van der Waals surface area contributed by atoms with Crippen LogP contribution in [0.3, 0.4) is 0 Å². The number of amides is 2. The average molecular weight is 382 g/mol. The Morgan fingerprint density at radius 3 is 2.79 bits per heavy atom. The number of methoxy groups -OCH3 is 1. The number of anilines is 2. The van der Waals surface area contributed by atoms with Crippen LogP contribution in [0.2, 0.25) is 0 Å². The highest BCUT2D eigenvalue weighted by molar-refractivity contribution is 6.04. The second-order valence-corrected chi connectivity index (χ2v) is 6.76. The van der Waals surface area contributed by atoms with Crippen LogP contribution in [-0.2, 0) is 27.3 Å². The summed E-state index contributed by atoms with van der Waals surface area (Å²) in [5.74, 6) is -0.639.